The quantitative estimate of drug-likeness (QED) is 0.832. The maximum atomic E-state index is 11.4. The Morgan fingerprint density at radius 3 is 2.75 bits per heavy atom. The highest BCUT2D eigenvalue weighted by molar-refractivity contribution is 6.31. The fourth-order valence-corrected chi connectivity index (χ4v) is 1.64. The van der Waals surface area contributed by atoms with Gasteiger partial charge in [-0.25, -0.2) is 4.79 Å². The largest absolute Gasteiger partial charge is 0.338 e. The van der Waals surface area contributed by atoms with E-state index in [-0.39, 0.29) is 6.03 Å². The van der Waals surface area contributed by atoms with Crippen LogP contribution in [0.1, 0.15) is 18.4 Å². The molecule has 1 fully saturated rings. The lowest BCUT2D eigenvalue weighted by atomic mass is 10.2. The van der Waals surface area contributed by atoms with Crippen molar-refractivity contribution in [3.8, 4) is 0 Å². The molecule has 1 aliphatic rings. The lowest BCUT2D eigenvalue weighted by Crippen LogP contribution is -2.36. The fraction of sp³-hybridized carbons (Fsp3) is 0.417. The number of carbonyl (C=O) groups excluding carboxylic acids is 1. The van der Waals surface area contributed by atoms with Gasteiger partial charge in [0.15, 0.2) is 0 Å². The van der Waals surface area contributed by atoms with Gasteiger partial charge in [-0.05, 0) is 30.4 Å². The minimum atomic E-state index is -0.119. The van der Waals surface area contributed by atoms with E-state index in [0.717, 1.165) is 12.1 Å². The molecule has 0 aromatic heterocycles. The maximum absolute atomic E-state index is 11.4. The number of urea groups is 1. The number of hydrogen-bond donors (Lipinski definition) is 2. The third-order valence-electron chi connectivity index (χ3n) is 2.65. The topological polar surface area (TPSA) is 41.1 Å². The third kappa shape index (κ3) is 3.42. The Morgan fingerprint density at radius 2 is 2.06 bits per heavy atom. The second-order valence-electron chi connectivity index (χ2n) is 4.10. The summed E-state index contributed by atoms with van der Waals surface area (Å²) in [7, 11) is 0. The zero-order chi connectivity index (χ0) is 11.4. The monoisotopic (exact) mass is 238 g/mol. The van der Waals surface area contributed by atoms with E-state index in [2.05, 4.69) is 10.6 Å². The van der Waals surface area contributed by atoms with Gasteiger partial charge < -0.3 is 10.6 Å². The molecule has 0 bridgehead atoms. The standard InChI is InChI=1S/C12H15ClN2O/c13-11-4-2-1-3-10(11)8-15-12(16)14-7-9-5-6-9/h1-4,9H,5-8H2,(H2,14,15,16). The van der Waals surface area contributed by atoms with Crippen LogP contribution in [0.4, 0.5) is 4.79 Å². The Labute approximate surface area is 100 Å². The van der Waals surface area contributed by atoms with Gasteiger partial charge in [-0.2, -0.15) is 0 Å². The lowest BCUT2D eigenvalue weighted by Gasteiger charge is -2.08. The average Bonchev–Trinajstić information content (AvgIpc) is 3.09. The molecule has 0 spiro atoms. The molecule has 4 heteroatoms. The van der Waals surface area contributed by atoms with E-state index in [1.165, 1.54) is 12.8 Å². The molecule has 2 amide bonds. The molecule has 1 saturated carbocycles. The highest BCUT2D eigenvalue weighted by atomic mass is 35.5. The molecule has 1 aromatic rings. The summed E-state index contributed by atoms with van der Waals surface area (Å²) < 4.78 is 0. The second kappa shape index (κ2) is 5.21. The molecule has 2 rings (SSSR count). The summed E-state index contributed by atoms with van der Waals surface area (Å²) in [5.41, 5.74) is 0.936. The smallest absolute Gasteiger partial charge is 0.315 e. The molecule has 86 valence electrons. The van der Waals surface area contributed by atoms with Crippen LogP contribution in [0.2, 0.25) is 5.02 Å². The van der Waals surface area contributed by atoms with Gasteiger partial charge in [0.25, 0.3) is 0 Å². The van der Waals surface area contributed by atoms with Crippen LogP contribution in [0.15, 0.2) is 24.3 Å². The predicted molar refractivity (Wildman–Crippen MR) is 64.4 cm³/mol. The molecule has 1 aromatic carbocycles. The van der Waals surface area contributed by atoms with E-state index in [4.69, 9.17) is 11.6 Å². The first-order chi connectivity index (χ1) is 7.75. The van der Waals surface area contributed by atoms with Crippen molar-refractivity contribution in [1.82, 2.24) is 10.6 Å². The van der Waals surface area contributed by atoms with E-state index >= 15 is 0 Å². The average molecular weight is 239 g/mol. The summed E-state index contributed by atoms with van der Waals surface area (Å²) in [6, 6.07) is 7.39. The molecule has 0 unspecified atom stereocenters. The molecule has 1 aliphatic carbocycles. The minimum absolute atomic E-state index is 0.119. The number of hydrogen-bond acceptors (Lipinski definition) is 1. The van der Waals surface area contributed by atoms with Crippen molar-refractivity contribution in [3.63, 3.8) is 0 Å². The molecule has 0 saturated heterocycles. The molecular weight excluding hydrogens is 224 g/mol. The van der Waals surface area contributed by atoms with Crippen LogP contribution >= 0.6 is 11.6 Å². The lowest BCUT2D eigenvalue weighted by molar-refractivity contribution is 0.240. The van der Waals surface area contributed by atoms with E-state index in [0.29, 0.717) is 17.5 Å². The Bertz CT molecular complexity index is 377. The number of amides is 2. The number of nitrogens with one attached hydrogen (secondary N) is 2. The summed E-state index contributed by atoms with van der Waals surface area (Å²) in [6.45, 7) is 1.25. The van der Waals surface area contributed by atoms with Crippen molar-refractivity contribution in [2.45, 2.75) is 19.4 Å². The van der Waals surface area contributed by atoms with Crippen LogP contribution in [-0.4, -0.2) is 12.6 Å². The van der Waals surface area contributed by atoms with Crippen LogP contribution in [0.5, 0.6) is 0 Å². The minimum Gasteiger partial charge on any atom is -0.338 e. The molecule has 0 atom stereocenters. The van der Waals surface area contributed by atoms with E-state index in [1.54, 1.807) is 0 Å². The Balaban J connectivity index is 1.73. The van der Waals surface area contributed by atoms with Gasteiger partial charge in [0.05, 0.1) is 0 Å². The maximum Gasteiger partial charge on any atom is 0.315 e. The normalized spacial score (nSPS) is 14.6. The first-order valence-corrected chi connectivity index (χ1v) is 5.88. The number of rotatable bonds is 4. The van der Waals surface area contributed by atoms with Gasteiger partial charge in [-0.15, -0.1) is 0 Å². The summed E-state index contributed by atoms with van der Waals surface area (Å²) in [4.78, 5) is 11.4. The van der Waals surface area contributed by atoms with E-state index in [9.17, 15) is 4.79 Å². The van der Waals surface area contributed by atoms with Crippen LogP contribution in [-0.2, 0) is 6.54 Å². The van der Waals surface area contributed by atoms with Crippen LogP contribution < -0.4 is 10.6 Å². The van der Waals surface area contributed by atoms with Crippen molar-refractivity contribution in [1.29, 1.82) is 0 Å². The van der Waals surface area contributed by atoms with Crippen molar-refractivity contribution >= 4 is 17.6 Å². The van der Waals surface area contributed by atoms with Crippen LogP contribution in [0, 0.1) is 5.92 Å². The van der Waals surface area contributed by atoms with Crippen molar-refractivity contribution in [2.24, 2.45) is 5.92 Å². The summed E-state index contributed by atoms with van der Waals surface area (Å²) in [5, 5.41) is 6.31. The van der Waals surface area contributed by atoms with Crippen LogP contribution in [0.25, 0.3) is 0 Å². The molecule has 2 N–H and O–H groups in total. The summed E-state index contributed by atoms with van der Waals surface area (Å²) in [6.07, 6.45) is 2.48. The number of carbonyl (C=O) groups is 1. The number of benzene rings is 1. The number of halogens is 1. The van der Waals surface area contributed by atoms with Crippen molar-refractivity contribution < 1.29 is 4.79 Å². The molecule has 16 heavy (non-hydrogen) atoms. The third-order valence-corrected chi connectivity index (χ3v) is 3.01. The van der Waals surface area contributed by atoms with Crippen LogP contribution in [0.3, 0.4) is 0 Å². The molecule has 0 aliphatic heterocycles. The fourth-order valence-electron chi connectivity index (χ4n) is 1.44. The SMILES string of the molecule is O=C(NCc1ccccc1Cl)NCC1CC1. The molecule has 3 nitrogen and oxygen atoms in total. The van der Waals surface area contributed by atoms with Gasteiger partial charge in [-0.3, -0.25) is 0 Å². The van der Waals surface area contributed by atoms with Gasteiger partial charge in [0.2, 0.25) is 0 Å². The van der Waals surface area contributed by atoms with Crippen molar-refractivity contribution in [3.05, 3.63) is 34.9 Å². The van der Waals surface area contributed by atoms with E-state index < -0.39 is 0 Å². The zero-order valence-corrected chi connectivity index (χ0v) is 9.76. The highest BCUT2D eigenvalue weighted by Gasteiger charge is 2.21. The second-order valence-corrected chi connectivity index (χ2v) is 4.51. The highest BCUT2D eigenvalue weighted by Crippen LogP contribution is 2.27. The zero-order valence-electron chi connectivity index (χ0n) is 9.00. The summed E-state index contributed by atoms with van der Waals surface area (Å²) >= 11 is 5.97. The predicted octanol–water partition coefficient (Wildman–Crippen LogP) is 2.55. The van der Waals surface area contributed by atoms with Gasteiger partial charge in [0.1, 0.15) is 0 Å². The first kappa shape index (κ1) is 11.3. The Kier molecular flexibility index (Phi) is 3.67. The molecular formula is C12H15ClN2O. The molecule has 0 radical (unpaired) electrons. The van der Waals surface area contributed by atoms with E-state index in [1.807, 2.05) is 24.3 Å². The Morgan fingerprint density at radius 1 is 1.31 bits per heavy atom. The summed E-state index contributed by atoms with van der Waals surface area (Å²) in [5.74, 6) is 0.700. The van der Waals surface area contributed by atoms with Crippen molar-refractivity contribution in [2.75, 3.05) is 6.54 Å². The Hall–Kier alpha value is -1.22. The van der Waals surface area contributed by atoms with Gasteiger partial charge in [-0.1, -0.05) is 29.8 Å². The first-order valence-electron chi connectivity index (χ1n) is 5.51. The van der Waals surface area contributed by atoms with Gasteiger partial charge in [0, 0.05) is 18.1 Å². The molecule has 0 heterocycles. The van der Waals surface area contributed by atoms with Gasteiger partial charge >= 0.3 is 6.03 Å².